The number of rotatable bonds is 6. The van der Waals surface area contributed by atoms with Crippen LogP contribution in [0.5, 0.6) is 0 Å². The van der Waals surface area contributed by atoms with Crippen LogP contribution in [-0.4, -0.2) is 36.3 Å². The van der Waals surface area contributed by atoms with Crippen molar-refractivity contribution in [1.29, 1.82) is 0 Å². The molecule has 1 aromatic carbocycles. The van der Waals surface area contributed by atoms with Crippen LogP contribution in [-0.2, 0) is 0 Å². The topological polar surface area (TPSA) is 50.2 Å². The Labute approximate surface area is 145 Å². The second kappa shape index (κ2) is 7.31. The number of nitrogens with zero attached hydrogens (tertiary/aromatic N) is 3. The fourth-order valence-electron chi connectivity index (χ4n) is 2.49. The van der Waals surface area contributed by atoms with E-state index in [1.54, 1.807) is 17.5 Å². The van der Waals surface area contributed by atoms with Gasteiger partial charge in [0.1, 0.15) is 6.04 Å². The van der Waals surface area contributed by atoms with Gasteiger partial charge < -0.3 is 10.2 Å². The standard InChI is InChI=1S/C18H20N4OS/c1-21(2)15-7-3-6-14(12-15)18(23)19-13-16(17-8-4-11-24-17)22-10-5-9-20-22/h3-12,16H,13H2,1-2H3,(H,19,23). The summed E-state index contributed by atoms with van der Waals surface area (Å²) in [5, 5.41) is 9.39. The molecule has 0 saturated heterocycles. The number of benzene rings is 1. The minimum atomic E-state index is -0.0765. The summed E-state index contributed by atoms with van der Waals surface area (Å²) in [4.78, 5) is 15.7. The Morgan fingerprint density at radius 3 is 2.83 bits per heavy atom. The average Bonchev–Trinajstić information content (AvgIpc) is 3.29. The van der Waals surface area contributed by atoms with Gasteiger partial charge in [-0.2, -0.15) is 5.10 Å². The van der Waals surface area contributed by atoms with Crippen LogP contribution in [0.2, 0.25) is 0 Å². The third-order valence-corrected chi connectivity index (χ3v) is 4.77. The maximum absolute atomic E-state index is 12.5. The lowest BCUT2D eigenvalue weighted by atomic mass is 10.1. The molecule has 0 aliphatic heterocycles. The summed E-state index contributed by atoms with van der Waals surface area (Å²) >= 11 is 1.66. The molecule has 2 aromatic heterocycles. The fourth-order valence-corrected chi connectivity index (χ4v) is 3.31. The SMILES string of the molecule is CN(C)c1cccc(C(=O)NCC(c2cccs2)n2cccn2)c1. The average molecular weight is 340 g/mol. The maximum Gasteiger partial charge on any atom is 0.251 e. The van der Waals surface area contributed by atoms with Gasteiger partial charge in [-0.15, -0.1) is 11.3 Å². The third kappa shape index (κ3) is 3.65. The summed E-state index contributed by atoms with van der Waals surface area (Å²) in [6, 6.07) is 13.6. The number of amides is 1. The largest absolute Gasteiger partial charge is 0.378 e. The van der Waals surface area contributed by atoms with E-state index in [0.717, 1.165) is 5.69 Å². The normalized spacial score (nSPS) is 11.9. The minimum Gasteiger partial charge on any atom is -0.378 e. The second-order valence-electron chi connectivity index (χ2n) is 5.67. The van der Waals surface area contributed by atoms with Gasteiger partial charge in [-0.05, 0) is 35.7 Å². The van der Waals surface area contributed by atoms with Gasteiger partial charge in [0.05, 0.1) is 0 Å². The van der Waals surface area contributed by atoms with Gasteiger partial charge in [0, 0.05) is 49.2 Å². The highest BCUT2D eigenvalue weighted by atomic mass is 32.1. The molecule has 1 unspecified atom stereocenters. The molecule has 0 aliphatic carbocycles. The zero-order valence-electron chi connectivity index (χ0n) is 13.7. The van der Waals surface area contributed by atoms with Crippen molar-refractivity contribution in [3.05, 3.63) is 70.7 Å². The summed E-state index contributed by atoms with van der Waals surface area (Å²) < 4.78 is 1.88. The van der Waals surface area contributed by atoms with Crippen LogP contribution in [0, 0.1) is 0 Å². The van der Waals surface area contributed by atoms with Crippen molar-refractivity contribution >= 4 is 22.9 Å². The lowest BCUT2D eigenvalue weighted by Crippen LogP contribution is -2.31. The van der Waals surface area contributed by atoms with E-state index in [9.17, 15) is 4.79 Å². The van der Waals surface area contributed by atoms with E-state index < -0.39 is 0 Å². The van der Waals surface area contributed by atoms with Crippen molar-refractivity contribution in [2.45, 2.75) is 6.04 Å². The molecule has 0 saturated carbocycles. The molecule has 3 rings (SSSR count). The van der Waals surface area contributed by atoms with Gasteiger partial charge in [0.15, 0.2) is 0 Å². The van der Waals surface area contributed by atoms with Crippen LogP contribution in [0.3, 0.4) is 0 Å². The molecule has 5 nitrogen and oxygen atoms in total. The number of hydrogen-bond acceptors (Lipinski definition) is 4. The van der Waals surface area contributed by atoms with Crippen molar-refractivity contribution in [2.24, 2.45) is 0 Å². The Balaban J connectivity index is 1.73. The second-order valence-corrected chi connectivity index (χ2v) is 6.65. The fraction of sp³-hybridized carbons (Fsp3) is 0.222. The Hall–Kier alpha value is -2.60. The van der Waals surface area contributed by atoms with Crippen molar-refractivity contribution < 1.29 is 4.79 Å². The number of hydrogen-bond donors (Lipinski definition) is 1. The zero-order chi connectivity index (χ0) is 16.9. The predicted molar refractivity (Wildman–Crippen MR) is 97.8 cm³/mol. The molecular weight excluding hydrogens is 320 g/mol. The van der Waals surface area contributed by atoms with Gasteiger partial charge in [-0.25, -0.2) is 0 Å². The molecule has 3 aromatic rings. The molecule has 0 spiro atoms. The number of anilines is 1. The van der Waals surface area contributed by atoms with E-state index in [-0.39, 0.29) is 11.9 Å². The van der Waals surface area contributed by atoms with E-state index in [4.69, 9.17) is 0 Å². The Kier molecular flexibility index (Phi) is 4.96. The van der Waals surface area contributed by atoms with E-state index in [2.05, 4.69) is 16.5 Å². The molecule has 0 bridgehead atoms. The summed E-state index contributed by atoms with van der Waals surface area (Å²) in [5.74, 6) is -0.0765. The minimum absolute atomic E-state index is 0.000909. The first-order valence-corrected chi connectivity index (χ1v) is 8.61. The molecule has 1 N–H and O–H groups in total. The zero-order valence-corrected chi connectivity index (χ0v) is 14.5. The quantitative estimate of drug-likeness (QED) is 0.750. The lowest BCUT2D eigenvalue weighted by molar-refractivity contribution is 0.0949. The van der Waals surface area contributed by atoms with Crippen molar-refractivity contribution in [3.8, 4) is 0 Å². The van der Waals surface area contributed by atoms with E-state index in [0.29, 0.717) is 12.1 Å². The Morgan fingerprint density at radius 2 is 2.17 bits per heavy atom. The van der Waals surface area contributed by atoms with Gasteiger partial charge in [-0.1, -0.05) is 12.1 Å². The third-order valence-electron chi connectivity index (χ3n) is 3.80. The monoisotopic (exact) mass is 340 g/mol. The summed E-state index contributed by atoms with van der Waals surface area (Å²) in [6.45, 7) is 0.493. The summed E-state index contributed by atoms with van der Waals surface area (Å²) in [6.07, 6.45) is 3.67. The first-order valence-electron chi connectivity index (χ1n) is 7.73. The van der Waals surface area contributed by atoms with Gasteiger partial charge in [0.2, 0.25) is 0 Å². The number of nitrogens with one attached hydrogen (secondary N) is 1. The first kappa shape index (κ1) is 16.3. The summed E-state index contributed by atoms with van der Waals surface area (Å²) in [5.41, 5.74) is 1.66. The molecule has 24 heavy (non-hydrogen) atoms. The Morgan fingerprint density at radius 1 is 1.29 bits per heavy atom. The smallest absolute Gasteiger partial charge is 0.251 e. The first-order chi connectivity index (χ1) is 11.6. The van der Waals surface area contributed by atoms with Gasteiger partial charge >= 0.3 is 0 Å². The molecule has 2 heterocycles. The lowest BCUT2D eigenvalue weighted by Gasteiger charge is -2.18. The van der Waals surface area contributed by atoms with Gasteiger partial charge in [0.25, 0.3) is 5.91 Å². The highest BCUT2D eigenvalue weighted by Gasteiger charge is 2.17. The molecule has 0 radical (unpaired) electrons. The number of carbonyl (C=O) groups is 1. The molecule has 6 heteroatoms. The highest BCUT2D eigenvalue weighted by molar-refractivity contribution is 7.10. The van der Waals surface area contributed by atoms with Crippen LogP contribution in [0.25, 0.3) is 0 Å². The van der Waals surface area contributed by atoms with Crippen LogP contribution in [0.15, 0.2) is 60.2 Å². The Bertz CT molecular complexity index is 747. The maximum atomic E-state index is 12.5. The van der Waals surface area contributed by atoms with Crippen molar-refractivity contribution in [1.82, 2.24) is 15.1 Å². The van der Waals surface area contributed by atoms with E-state index >= 15 is 0 Å². The molecule has 124 valence electrons. The number of thiophene rings is 1. The van der Waals surface area contributed by atoms with Crippen LogP contribution < -0.4 is 10.2 Å². The predicted octanol–water partition coefficient (Wildman–Crippen LogP) is 3.03. The van der Waals surface area contributed by atoms with Gasteiger partial charge in [-0.3, -0.25) is 9.48 Å². The number of aromatic nitrogens is 2. The van der Waals surface area contributed by atoms with Crippen LogP contribution in [0.4, 0.5) is 5.69 Å². The highest BCUT2D eigenvalue weighted by Crippen LogP contribution is 2.22. The number of carbonyl (C=O) groups excluding carboxylic acids is 1. The van der Waals surface area contributed by atoms with Crippen molar-refractivity contribution in [3.63, 3.8) is 0 Å². The van der Waals surface area contributed by atoms with E-state index in [1.807, 2.05) is 71.7 Å². The van der Waals surface area contributed by atoms with Crippen LogP contribution >= 0.6 is 11.3 Å². The molecular formula is C18H20N4OS. The molecule has 1 atom stereocenters. The van der Waals surface area contributed by atoms with Crippen molar-refractivity contribution in [2.75, 3.05) is 25.5 Å². The van der Waals surface area contributed by atoms with E-state index in [1.165, 1.54) is 4.88 Å². The summed E-state index contributed by atoms with van der Waals surface area (Å²) in [7, 11) is 3.92. The molecule has 1 amide bonds. The van der Waals surface area contributed by atoms with Crippen LogP contribution in [0.1, 0.15) is 21.3 Å². The molecule has 0 fully saturated rings. The molecule has 0 aliphatic rings.